The number of hydrazone groups is 1. The van der Waals surface area contributed by atoms with Crippen LogP contribution in [0.2, 0.25) is 0 Å². The normalized spacial score (nSPS) is 13.4. The maximum absolute atomic E-state index is 11.9. The lowest BCUT2D eigenvalue weighted by atomic mass is 10.1. The van der Waals surface area contributed by atoms with E-state index in [9.17, 15) is 25.0 Å². The van der Waals surface area contributed by atoms with Crippen LogP contribution in [0.5, 0.6) is 5.75 Å². The Balaban J connectivity index is 1.60. The first-order valence-electron chi connectivity index (χ1n) is 9.16. The van der Waals surface area contributed by atoms with Crippen molar-refractivity contribution in [3.63, 3.8) is 0 Å². The molecule has 1 heterocycles. The van der Waals surface area contributed by atoms with Crippen molar-refractivity contribution in [2.45, 2.75) is 12.8 Å². The van der Waals surface area contributed by atoms with Gasteiger partial charge in [-0.1, -0.05) is 0 Å². The zero-order valence-corrected chi connectivity index (χ0v) is 15.9. The summed E-state index contributed by atoms with van der Waals surface area (Å²) in [6, 6.07) is 9.87. The van der Waals surface area contributed by atoms with Crippen molar-refractivity contribution in [3.8, 4) is 5.75 Å². The molecule has 2 aromatic rings. The third-order valence-electron chi connectivity index (χ3n) is 4.48. The molecule has 0 saturated carbocycles. The van der Waals surface area contributed by atoms with Gasteiger partial charge < -0.3 is 9.64 Å². The van der Waals surface area contributed by atoms with E-state index < -0.39 is 15.8 Å². The van der Waals surface area contributed by atoms with E-state index in [4.69, 9.17) is 4.74 Å². The smallest absolute Gasteiger partial charge is 0.277 e. The van der Waals surface area contributed by atoms with Crippen LogP contribution in [0.3, 0.4) is 0 Å². The molecule has 1 saturated heterocycles. The molecule has 0 aromatic heterocycles. The average molecular weight is 413 g/mol. The molecular formula is C19H19N5O6. The molecule has 11 nitrogen and oxygen atoms in total. The Morgan fingerprint density at radius 1 is 1.07 bits per heavy atom. The molecule has 0 atom stereocenters. The number of carbonyl (C=O) groups is 1. The second-order valence-electron chi connectivity index (χ2n) is 6.53. The van der Waals surface area contributed by atoms with Gasteiger partial charge in [0.05, 0.1) is 16.1 Å². The van der Waals surface area contributed by atoms with Gasteiger partial charge in [-0.2, -0.15) is 5.10 Å². The highest BCUT2D eigenvalue weighted by atomic mass is 16.6. The quantitative estimate of drug-likeness (QED) is 0.398. The minimum Gasteiger partial charge on any atom is -0.484 e. The molecule has 0 unspecified atom stereocenters. The summed E-state index contributed by atoms with van der Waals surface area (Å²) in [4.78, 5) is 34.7. The van der Waals surface area contributed by atoms with Gasteiger partial charge in [0.1, 0.15) is 5.75 Å². The van der Waals surface area contributed by atoms with Gasteiger partial charge in [0.25, 0.3) is 17.3 Å². The number of nitrogens with zero attached hydrogens (tertiary/aromatic N) is 4. The SMILES string of the molecule is O=C(COc1ccc([N+](=O)[O-])cc1)N/N=C\c1cc([N+](=O)[O-])ccc1N1CCCC1. The Bertz CT molecular complexity index is 970. The van der Waals surface area contributed by atoms with Crippen molar-refractivity contribution in [1.82, 2.24) is 5.43 Å². The van der Waals surface area contributed by atoms with Crippen LogP contribution in [-0.2, 0) is 4.79 Å². The second-order valence-corrected chi connectivity index (χ2v) is 6.53. The van der Waals surface area contributed by atoms with Gasteiger partial charge in [-0.3, -0.25) is 25.0 Å². The van der Waals surface area contributed by atoms with E-state index in [2.05, 4.69) is 15.4 Å². The summed E-state index contributed by atoms with van der Waals surface area (Å²) in [6.45, 7) is 1.37. The molecule has 1 fully saturated rings. The summed E-state index contributed by atoms with van der Waals surface area (Å²) in [5.74, 6) is -0.243. The highest BCUT2D eigenvalue weighted by Crippen LogP contribution is 2.27. The number of hydrogen-bond acceptors (Lipinski definition) is 8. The number of non-ortho nitro benzene ring substituents is 2. The Morgan fingerprint density at radius 3 is 2.33 bits per heavy atom. The monoisotopic (exact) mass is 413 g/mol. The zero-order chi connectivity index (χ0) is 21.5. The number of hydrogen-bond donors (Lipinski definition) is 1. The first kappa shape index (κ1) is 20.7. The summed E-state index contributed by atoms with van der Waals surface area (Å²) in [5.41, 5.74) is 3.51. The number of carbonyl (C=O) groups excluding carboxylic acids is 1. The van der Waals surface area contributed by atoms with Crippen LogP contribution in [-0.4, -0.2) is 41.7 Å². The van der Waals surface area contributed by atoms with Gasteiger partial charge in [0.15, 0.2) is 6.61 Å². The predicted molar refractivity (Wildman–Crippen MR) is 109 cm³/mol. The van der Waals surface area contributed by atoms with Crippen LogP contribution in [0.15, 0.2) is 47.6 Å². The summed E-state index contributed by atoms with van der Waals surface area (Å²) < 4.78 is 5.25. The summed E-state index contributed by atoms with van der Waals surface area (Å²) in [6.07, 6.45) is 3.46. The van der Waals surface area contributed by atoms with E-state index in [1.807, 2.05) is 0 Å². The first-order chi connectivity index (χ1) is 14.4. The van der Waals surface area contributed by atoms with Crippen molar-refractivity contribution in [2.24, 2.45) is 5.10 Å². The molecule has 3 rings (SSSR count). The Hall–Kier alpha value is -4.02. The lowest BCUT2D eigenvalue weighted by Gasteiger charge is -2.19. The summed E-state index contributed by atoms with van der Waals surface area (Å²) in [5, 5.41) is 25.6. The molecule has 1 amide bonds. The van der Waals surface area contributed by atoms with E-state index >= 15 is 0 Å². The zero-order valence-electron chi connectivity index (χ0n) is 15.9. The highest BCUT2D eigenvalue weighted by molar-refractivity contribution is 5.90. The first-order valence-corrected chi connectivity index (χ1v) is 9.16. The van der Waals surface area contributed by atoms with Crippen molar-refractivity contribution < 1.29 is 19.4 Å². The minimum atomic E-state index is -0.544. The topological polar surface area (TPSA) is 140 Å². The Kier molecular flexibility index (Phi) is 6.53. The molecule has 2 aromatic carbocycles. The molecule has 0 aliphatic carbocycles. The van der Waals surface area contributed by atoms with Crippen LogP contribution in [0.25, 0.3) is 0 Å². The van der Waals surface area contributed by atoms with Gasteiger partial charge in [-0.15, -0.1) is 0 Å². The lowest BCUT2D eigenvalue weighted by molar-refractivity contribution is -0.385. The Morgan fingerprint density at radius 2 is 1.70 bits per heavy atom. The number of nitrogens with one attached hydrogen (secondary N) is 1. The van der Waals surface area contributed by atoms with Crippen LogP contribution < -0.4 is 15.1 Å². The van der Waals surface area contributed by atoms with Gasteiger partial charge >= 0.3 is 0 Å². The van der Waals surface area contributed by atoms with Crippen LogP contribution in [0.4, 0.5) is 17.1 Å². The number of ether oxygens (including phenoxy) is 1. The molecule has 156 valence electrons. The van der Waals surface area contributed by atoms with E-state index in [1.165, 1.54) is 42.6 Å². The van der Waals surface area contributed by atoms with E-state index in [-0.39, 0.29) is 18.0 Å². The van der Waals surface area contributed by atoms with Crippen molar-refractivity contribution >= 4 is 29.2 Å². The maximum Gasteiger partial charge on any atom is 0.277 e. The molecule has 30 heavy (non-hydrogen) atoms. The molecule has 1 aliphatic rings. The third-order valence-corrected chi connectivity index (χ3v) is 4.48. The van der Waals surface area contributed by atoms with Gasteiger partial charge in [0, 0.05) is 48.6 Å². The van der Waals surface area contributed by atoms with Crippen LogP contribution in [0.1, 0.15) is 18.4 Å². The van der Waals surface area contributed by atoms with Crippen molar-refractivity contribution in [2.75, 3.05) is 24.6 Å². The van der Waals surface area contributed by atoms with Crippen molar-refractivity contribution in [3.05, 3.63) is 68.3 Å². The lowest BCUT2D eigenvalue weighted by Crippen LogP contribution is -2.25. The average Bonchev–Trinajstić information content (AvgIpc) is 3.27. The number of rotatable bonds is 8. The fraction of sp³-hybridized carbons (Fsp3) is 0.263. The van der Waals surface area contributed by atoms with Crippen LogP contribution in [0, 0.1) is 20.2 Å². The molecule has 0 spiro atoms. The highest BCUT2D eigenvalue weighted by Gasteiger charge is 2.18. The largest absolute Gasteiger partial charge is 0.484 e. The number of amides is 1. The van der Waals surface area contributed by atoms with Gasteiger partial charge in [0.2, 0.25) is 0 Å². The number of nitro benzene ring substituents is 2. The maximum atomic E-state index is 11.9. The van der Waals surface area contributed by atoms with E-state index in [0.717, 1.165) is 31.6 Å². The molecule has 1 N–H and O–H groups in total. The van der Waals surface area contributed by atoms with Crippen LogP contribution >= 0.6 is 0 Å². The fourth-order valence-corrected chi connectivity index (χ4v) is 3.02. The molecule has 1 aliphatic heterocycles. The predicted octanol–water partition coefficient (Wildman–Crippen LogP) is 2.63. The third kappa shape index (κ3) is 5.28. The summed E-state index contributed by atoms with van der Waals surface area (Å²) >= 11 is 0. The van der Waals surface area contributed by atoms with E-state index in [0.29, 0.717) is 11.3 Å². The Labute approximate surface area is 171 Å². The number of benzene rings is 2. The van der Waals surface area contributed by atoms with Gasteiger partial charge in [-0.05, 0) is 31.0 Å². The molecule has 11 heteroatoms. The minimum absolute atomic E-state index is 0.0628. The molecule has 0 bridgehead atoms. The van der Waals surface area contributed by atoms with Crippen molar-refractivity contribution in [1.29, 1.82) is 0 Å². The standard InChI is InChI=1S/C19H19N5O6/c25-19(13-30-17-6-3-15(4-7-17)23(26)27)21-20-12-14-11-16(24(28)29)5-8-18(14)22-9-1-2-10-22/h3-8,11-12H,1-2,9-10,13H2,(H,21,25)/b20-12-. The number of nitro groups is 2. The number of anilines is 1. The molecule has 0 radical (unpaired) electrons. The van der Waals surface area contributed by atoms with E-state index in [1.54, 1.807) is 6.07 Å². The van der Waals surface area contributed by atoms with Gasteiger partial charge in [-0.25, -0.2) is 5.43 Å². The second kappa shape index (κ2) is 9.45. The fourth-order valence-electron chi connectivity index (χ4n) is 3.02. The summed E-state index contributed by atoms with van der Waals surface area (Å²) in [7, 11) is 0. The molecular weight excluding hydrogens is 394 g/mol.